The summed E-state index contributed by atoms with van der Waals surface area (Å²) in [7, 11) is 2.11. The molecule has 2 heterocycles. The number of aryl methyl sites for hydroxylation is 1. The van der Waals surface area contributed by atoms with Gasteiger partial charge in [-0.3, -0.25) is 9.59 Å². The molecule has 1 aromatic heterocycles. The Morgan fingerprint density at radius 3 is 2.85 bits per heavy atom. The smallest absolute Gasteiger partial charge is 0.256 e. The van der Waals surface area contributed by atoms with Crippen molar-refractivity contribution >= 4 is 17.4 Å². The minimum atomic E-state index is -0.279. The maximum atomic E-state index is 12.7. The second-order valence-corrected chi connectivity index (χ2v) is 7.22. The highest BCUT2D eigenvalue weighted by molar-refractivity contribution is 6.14. The molecular weight excluding hydrogens is 342 g/mol. The van der Waals surface area contributed by atoms with Crippen LogP contribution < -0.4 is 10.1 Å². The third kappa shape index (κ3) is 3.85. The third-order valence-corrected chi connectivity index (χ3v) is 5.24. The quantitative estimate of drug-likeness (QED) is 0.902. The van der Waals surface area contributed by atoms with E-state index in [0.717, 1.165) is 31.5 Å². The molecule has 4 rings (SSSR count). The molecule has 0 bridgehead atoms. The number of Topliss-reactive ketones (excluding diaryl/α,β-unsaturated/α-hetero) is 1. The van der Waals surface area contributed by atoms with Crippen LogP contribution in [0.15, 0.2) is 36.5 Å². The number of piperidine rings is 1. The van der Waals surface area contributed by atoms with Crippen molar-refractivity contribution in [3.63, 3.8) is 0 Å². The SMILES string of the molecule is CN1CCC(Oc2cc(NC(=O)c3cccc4c3C(=O)CC4)ccn2)CC1. The molecule has 27 heavy (non-hydrogen) atoms. The number of benzene rings is 1. The van der Waals surface area contributed by atoms with E-state index in [1.165, 1.54) is 0 Å². The van der Waals surface area contributed by atoms with Crippen LogP contribution in [0.2, 0.25) is 0 Å². The second-order valence-electron chi connectivity index (χ2n) is 7.22. The van der Waals surface area contributed by atoms with Gasteiger partial charge in [0.25, 0.3) is 5.91 Å². The van der Waals surface area contributed by atoms with Crippen molar-refractivity contribution in [3.8, 4) is 5.88 Å². The number of hydrogen-bond acceptors (Lipinski definition) is 5. The van der Waals surface area contributed by atoms with E-state index in [4.69, 9.17) is 4.74 Å². The number of anilines is 1. The number of carbonyl (C=O) groups excluding carboxylic acids is 2. The first kappa shape index (κ1) is 17.7. The molecule has 0 spiro atoms. The van der Waals surface area contributed by atoms with E-state index < -0.39 is 0 Å². The van der Waals surface area contributed by atoms with Gasteiger partial charge in [-0.15, -0.1) is 0 Å². The number of aromatic nitrogens is 1. The van der Waals surface area contributed by atoms with Crippen LogP contribution >= 0.6 is 0 Å². The molecule has 140 valence electrons. The highest BCUT2D eigenvalue weighted by Crippen LogP contribution is 2.26. The van der Waals surface area contributed by atoms with Crippen LogP contribution in [-0.2, 0) is 6.42 Å². The summed E-state index contributed by atoms with van der Waals surface area (Å²) in [5.74, 6) is 0.270. The number of amides is 1. The molecule has 0 saturated carbocycles. The average Bonchev–Trinajstić information content (AvgIpc) is 3.05. The Labute approximate surface area is 158 Å². The number of hydrogen-bond donors (Lipinski definition) is 1. The van der Waals surface area contributed by atoms with E-state index in [9.17, 15) is 9.59 Å². The lowest BCUT2D eigenvalue weighted by Gasteiger charge is -2.28. The first-order valence-electron chi connectivity index (χ1n) is 9.38. The second kappa shape index (κ2) is 7.48. The molecule has 1 N–H and O–H groups in total. The summed E-state index contributed by atoms with van der Waals surface area (Å²) in [5.41, 5.74) is 2.56. The number of rotatable bonds is 4. The summed E-state index contributed by atoms with van der Waals surface area (Å²) in [6, 6.07) is 8.91. The molecule has 0 radical (unpaired) electrons. The molecule has 1 aliphatic heterocycles. The molecule has 1 saturated heterocycles. The lowest BCUT2D eigenvalue weighted by atomic mass is 10.0. The minimum Gasteiger partial charge on any atom is -0.474 e. The van der Waals surface area contributed by atoms with Gasteiger partial charge in [0.2, 0.25) is 5.88 Å². The van der Waals surface area contributed by atoms with Crippen LogP contribution in [0.5, 0.6) is 5.88 Å². The summed E-state index contributed by atoms with van der Waals surface area (Å²) in [4.78, 5) is 31.4. The monoisotopic (exact) mass is 365 g/mol. The largest absolute Gasteiger partial charge is 0.474 e. The maximum absolute atomic E-state index is 12.7. The van der Waals surface area contributed by atoms with Crippen LogP contribution in [0.3, 0.4) is 0 Å². The normalized spacial score (nSPS) is 17.6. The summed E-state index contributed by atoms with van der Waals surface area (Å²) in [6.45, 7) is 2.02. The zero-order valence-electron chi connectivity index (χ0n) is 15.4. The Balaban J connectivity index is 1.47. The molecule has 1 aliphatic carbocycles. The van der Waals surface area contributed by atoms with Gasteiger partial charge in [-0.25, -0.2) is 4.98 Å². The van der Waals surface area contributed by atoms with Gasteiger partial charge in [-0.2, -0.15) is 0 Å². The first-order chi connectivity index (χ1) is 13.1. The van der Waals surface area contributed by atoms with Crippen LogP contribution in [-0.4, -0.2) is 47.8 Å². The number of ether oxygens (including phenoxy) is 1. The van der Waals surface area contributed by atoms with E-state index in [2.05, 4.69) is 22.2 Å². The lowest BCUT2D eigenvalue weighted by molar-refractivity contribution is 0.0974. The Morgan fingerprint density at radius 2 is 2.04 bits per heavy atom. The van der Waals surface area contributed by atoms with Crippen LogP contribution in [0.4, 0.5) is 5.69 Å². The van der Waals surface area contributed by atoms with Crippen LogP contribution in [0.1, 0.15) is 45.5 Å². The molecule has 0 unspecified atom stereocenters. The van der Waals surface area contributed by atoms with Crippen molar-refractivity contribution in [3.05, 3.63) is 53.2 Å². The number of likely N-dealkylation sites (tertiary alicyclic amines) is 1. The number of nitrogens with zero attached hydrogens (tertiary/aromatic N) is 2. The first-order valence-corrected chi connectivity index (χ1v) is 9.38. The average molecular weight is 365 g/mol. The molecule has 1 amide bonds. The summed E-state index contributed by atoms with van der Waals surface area (Å²) in [6.07, 6.45) is 4.89. The van der Waals surface area contributed by atoms with Crippen molar-refractivity contribution in [1.82, 2.24) is 9.88 Å². The van der Waals surface area contributed by atoms with E-state index in [0.29, 0.717) is 35.5 Å². The van der Waals surface area contributed by atoms with Gasteiger partial charge < -0.3 is 15.0 Å². The Morgan fingerprint density at radius 1 is 1.22 bits per heavy atom. The van der Waals surface area contributed by atoms with E-state index >= 15 is 0 Å². The van der Waals surface area contributed by atoms with Crippen LogP contribution in [0, 0.1) is 0 Å². The van der Waals surface area contributed by atoms with Crippen molar-refractivity contribution in [2.24, 2.45) is 0 Å². The fraction of sp³-hybridized carbons (Fsp3) is 0.381. The van der Waals surface area contributed by atoms with Crippen molar-refractivity contribution in [1.29, 1.82) is 0 Å². The Hall–Kier alpha value is -2.73. The summed E-state index contributed by atoms with van der Waals surface area (Å²) >= 11 is 0. The number of pyridine rings is 1. The van der Waals surface area contributed by atoms with Gasteiger partial charge in [-0.1, -0.05) is 12.1 Å². The fourth-order valence-corrected chi connectivity index (χ4v) is 3.72. The van der Waals surface area contributed by atoms with E-state index in [1.807, 2.05) is 12.1 Å². The van der Waals surface area contributed by atoms with Gasteiger partial charge >= 0.3 is 0 Å². The molecule has 6 nitrogen and oxygen atoms in total. The molecular formula is C21H23N3O3. The topological polar surface area (TPSA) is 71.5 Å². The highest BCUT2D eigenvalue weighted by atomic mass is 16.5. The molecule has 1 aromatic carbocycles. The summed E-state index contributed by atoms with van der Waals surface area (Å²) in [5, 5.41) is 2.87. The highest BCUT2D eigenvalue weighted by Gasteiger charge is 2.25. The molecule has 2 aliphatic rings. The summed E-state index contributed by atoms with van der Waals surface area (Å²) < 4.78 is 5.98. The zero-order chi connectivity index (χ0) is 18.8. The van der Waals surface area contributed by atoms with Crippen molar-refractivity contribution in [2.45, 2.75) is 31.8 Å². The van der Waals surface area contributed by atoms with Gasteiger partial charge in [0.1, 0.15) is 6.10 Å². The van der Waals surface area contributed by atoms with Gasteiger partial charge in [0.05, 0.1) is 5.56 Å². The van der Waals surface area contributed by atoms with Gasteiger partial charge in [-0.05, 0) is 44.0 Å². The van der Waals surface area contributed by atoms with Crippen LogP contribution in [0.25, 0.3) is 0 Å². The third-order valence-electron chi connectivity index (χ3n) is 5.24. The van der Waals surface area contributed by atoms with E-state index in [-0.39, 0.29) is 17.8 Å². The lowest BCUT2D eigenvalue weighted by Crippen LogP contribution is -2.35. The molecule has 6 heteroatoms. The van der Waals surface area contributed by atoms with Gasteiger partial charge in [0.15, 0.2) is 5.78 Å². The fourth-order valence-electron chi connectivity index (χ4n) is 3.72. The Bertz CT molecular complexity index is 873. The maximum Gasteiger partial charge on any atom is 0.256 e. The van der Waals surface area contributed by atoms with Crippen molar-refractivity contribution < 1.29 is 14.3 Å². The number of fused-ring (bicyclic) bond motifs is 1. The Kier molecular flexibility index (Phi) is 4.90. The predicted molar refractivity (Wildman–Crippen MR) is 102 cm³/mol. The molecule has 0 atom stereocenters. The number of ketones is 1. The van der Waals surface area contributed by atoms with E-state index in [1.54, 1.807) is 24.4 Å². The van der Waals surface area contributed by atoms with Gasteiger partial charge in [0, 0.05) is 43.0 Å². The number of nitrogens with one attached hydrogen (secondary N) is 1. The zero-order valence-corrected chi connectivity index (χ0v) is 15.4. The number of carbonyl (C=O) groups is 2. The predicted octanol–water partition coefficient (Wildman–Crippen LogP) is 2.94. The minimum absolute atomic E-state index is 0.0387. The molecule has 1 fully saturated rings. The van der Waals surface area contributed by atoms with Crippen molar-refractivity contribution in [2.75, 3.05) is 25.5 Å². The molecule has 2 aromatic rings. The standard InChI is InChI=1S/C21H23N3O3/c1-24-11-8-16(9-12-24)27-19-13-15(7-10-22-19)23-21(26)17-4-2-3-14-5-6-18(25)20(14)17/h2-4,7,10,13,16H,5-6,8-9,11-12H2,1H3,(H,22,23,26).